The van der Waals surface area contributed by atoms with Gasteiger partial charge in [-0.3, -0.25) is 0 Å². The highest BCUT2D eigenvalue weighted by Crippen LogP contribution is 2.11. The van der Waals surface area contributed by atoms with E-state index in [1.54, 1.807) is 0 Å². The number of rotatable bonds is 8. The van der Waals surface area contributed by atoms with Crippen LogP contribution in [0.5, 0.6) is 0 Å². The lowest BCUT2D eigenvalue weighted by Crippen LogP contribution is -2.27. The zero-order valence-electron chi connectivity index (χ0n) is 9.53. The van der Waals surface area contributed by atoms with Crippen LogP contribution >= 0.6 is 0 Å². The standard InChI is InChI=1S/C12H25N/c1-5-11(4)9-8-10-12(6-2)13-7-3/h12-13H,4-10H2,1-3H3. The molecule has 13 heavy (non-hydrogen) atoms. The highest BCUT2D eigenvalue weighted by atomic mass is 14.9. The van der Waals surface area contributed by atoms with Gasteiger partial charge in [0.25, 0.3) is 0 Å². The van der Waals surface area contributed by atoms with Crippen LogP contribution < -0.4 is 5.32 Å². The molecule has 0 saturated carbocycles. The fourth-order valence-corrected chi connectivity index (χ4v) is 1.51. The average molecular weight is 183 g/mol. The molecule has 1 N–H and O–H groups in total. The zero-order chi connectivity index (χ0) is 10.1. The summed E-state index contributed by atoms with van der Waals surface area (Å²) >= 11 is 0. The maximum absolute atomic E-state index is 4.02. The van der Waals surface area contributed by atoms with Gasteiger partial charge in [-0.15, -0.1) is 0 Å². The Morgan fingerprint density at radius 2 is 2.00 bits per heavy atom. The van der Waals surface area contributed by atoms with Gasteiger partial charge in [-0.1, -0.05) is 32.9 Å². The molecule has 0 aromatic heterocycles. The molecule has 0 fully saturated rings. The summed E-state index contributed by atoms with van der Waals surface area (Å²) in [5, 5.41) is 3.49. The SMILES string of the molecule is C=C(CC)CCCC(CC)NCC. The van der Waals surface area contributed by atoms with E-state index in [1.165, 1.54) is 31.3 Å². The van der Waals surface area contributed by atoms with E-state index in [2.05, 4.69) is 32.7 Å². The highest BCUT2D eigenvalue weighted by Gasteiger charge is 2.03. The Morgan fingerprint density at radius 3 is 2.46 bits per heavy atom. The van der Waals surface area contributed by atoms with Crippen molar-refractivity contribution in [3.8, 4) is 0 Å². The van der Waals surface area contributed by atoms with Crippen molar-refractivity contribution in [2.45, 2.75) is 58.9 Å². The van der Waals surface area contributed by atoms with Gasteiger partial charge in [0.15, 0.2) is 0 Å². The van der Waals surface area contributed by atoms with Gasteiger partial charge in [-0.05, 0) is 38.6 Å². The summed E-state index contributed by atoms with van der Waals surface area (Å²) in [7, 11) is 0. The molecule has 0 rings (SSSR count). The van der Waals surface area contributed by atoms with E-state index >= 15 is 0 Å². The molecule has 1 unspecified atom stereocenters. The molecule has 0 heterocycles. The van der Waals surface area contributed by atoms with Crippen molar-refractivity contribution in [3.63, 3.8) is 0 Å². The Kier molecular flexibility index (Phi) is 8.11. The number of hydrogen-bond donors (Lipinski definition) is 1. The van der Waals surface area contributed by atoms with Crippen LogP contribution in [-0.2, 0) is 0 Å². The molecule has 0 radical (unpaired) electrons. The molecule has 0 saturated heterocycles. The molecule has 0 spiro atoms. The van der Waals surface area contributed by atoms with Crippen LogP contribution in [0.25, 0.3) is 0 Å². The van der Waals surface area contributed by atoms with Crippen molar-refractivity contribution in [1.29, 1.82) is 0 Å². The van der Waals surface area contributed by atoms with E-state index in [0.717, 1.165) is 19.0 Å². The molecule has 0 aromatic rings. The van der Waals surface area contributed by atoms with Crippen LogP contribution in [0.3, 0.4) is 0 Å². The second-order valence-corrected chi connectivity index (χ2v) is 3.66. The molecule has 0 amide bonds. The third kappa shape index (κ3) is 6.83. The maximum Gasteiger partial charge on any atom is 0.00644 e. The van der Waals surface area contributed by atoms with Crippen LogP contribution in [0.1, 0.15) is 52.9 Å². The molecule has 1 heteroatoms. The van der Waals surface area contributed by atoms with Gasteiger partial charge in [-0.25, -0.2) is 0 Å². The largest absolute Gasteiger partial charge is 0.314 e. The van der Waals surface area contributed by atoms with E-state index < -0.39 is 0 Å². The Morgan fingerprint density at radius 1 is 1.31 bits per heavy atom. The van der Waals surface area contributed by atoms with E-state index in [0.29, 0.717) is 0 Å². The molecular formula is C12H25N. The summed E-state index contributed by atoms with van der Waals surface area (Å²) in [6.07, 6.45) is 6.17. The van der Waals surface area contributed by atoms with Crippen molar-refractivity contribution in [3.05, 3.63) is 12.2 Å². The number of hydrogen-bond acceptors (Lipinski definition) is 1. The summed E-state index contributed by atoms with van der Waals surface area (Å²) < 4.78 is 0. The second kappa shape index (κ2) is 8.31. The Labute approximate surface area is 83.6 Å². The highest BCUT2D eigenvalue weighted by molar-refractivity contribution is 4.92. The zero-order valence-corrected chi connectivity index (χ0v) is 9.53. The van der Waals surface area contributed by atoms with E-state index in [-0.39, 0.29) is 0 Å². The smallest absolute Gasteiger partial charge is 0.00644 e. The normalized spacial score (nSPS) is 12.8. The molecule has 78 valence electrons. The Bertz CT molecular complexity index is 129. The van der Waals surface area contributed by atoms with Crippen LogP contribution in [-0.4, -0.2) is 12.6 Å². The van der Waals surface area contributed by atoms with Crippen LogP contribution in [0, 0.1) is 0 Å². The maximum atomic E-state index is 4.02. The number of nitrogens with one attached hydrogen (secondary N) is 1. The molecular weight excluding hydrogens is 158 g/mol. The quantitative estimate of drug-likeness (QED) is 0.568. The fourth-order valence-electron chi connectivity index (χ4n) is 1.51. The van der Waals surface area contributed by atoms with Crippen molar-refractivity contribution in [1.82, 2.24) is 5.32 Å². The lowest BCUT2D eigenvalue weighted by atomic mass is 10.0. The first-order valence-electron chi connectivity index (χ1n) is 5.64. The third-order valence-electron chi connectivity index (χ3n) is 2.57. The molecule has 0 aliphatic carbocycles. The van der Waals surface area contributed by atoms with Crippen LogP contribution in [0.4, 0.5) is 0 Å². The average Bonchev–Trinajstić information content (AvgIpc) is 2.16. The Balaban J connectivity index is 3.42. The van der Waals surface area contributed by atoms with Gasteiger partial charge in [0, 0.05) is 6.04 Å². The van der Waals surface area contributed by atoms with Gasteiger partial charge in [-0.2, -0.15) is 0 Å². The monoisotopic (exact) mass is 183 g/mol. The summed E-state index contributed by atoms with van der Waals surface area (Å²) in [5.41, 5.74) is 1.39. The number of allylic oxidation sites excluding steroid dienone is 1. The first-order valence-corrected chi connectivity index (χ1v) is 5.64. The van der Waals surface area contributed by atoms with Crippen molar-refractivity contribution >= 4 is 0 Å². The van der Waals surface area contributed by atoms with Crippen LogP contribution in [0.15, 0.2) is 12.2 Å². The fraction of sp³-hybridized carbons (Fsp3) is 0.833. The predicted molar refractivity (Wildman–Crippen MR) is 61.0 cm³/mol. The van der Waals surface area contributed by atoms with Crippen molar-refractivity contribution < 1.29 is 0 Å². The van der Waals surface area contributed by atoms with Crippen molar-refractivity contribution in [2.24, 2.45) is 0 Å². The van der Waals surface area contributed by atoms with E-state index in [9.17, 15) is 0 Å². The Hall–Kier alpha value is -0.300. The van der Waals surface area contributed by atoms with Gasteiger partial charge in [0.05, 0.1) is 0 Å². The predicted octanol–water partition coefficient (Wildman–Crippen LogP) is 3.51. The lowest BCUT2D eigenvalue weighted by Gasteiger charge is -2.15. The summed E-state index contributed by atoms with van der Waals surface area (Å²) in [6.45, 7) is 11.7. The minimum atomic E-state index is 0.717. The summed E-state index contributed by atoms with van der Waals surface area (Å²) in [6, 6.07) is 0.717. The molecule has 0 aromatic carbocycles. The minimum absolute atomic E-state index is 0.717. The second-order valence-electron chi connectivity index (χ2n) is 3.66. The van der Waals surface area contributed by atoms with Crippen molar-refractivity contribution in [2.75, 3.05) is 6.54 Å². The summed E-state index contributed by atoms with van der Waals surface area (Å²) in [5.74, 6) is 0. The third-order valence-corrected chi connectivity index (χ3v) is 2.57. The first kappa shape index (κ1) is 12.7. The molecule has 1 atom stereocenters. The molecule has 0 bridgehead atoms. The van der Waals surface area contributed by atoms with Gasteiger partial charge < -0.3 is 5.32 Å². The molecule has 0 aliphatic heterocycles. The topological polar surface area (TPSA) is 12.0 Å². The minimum Gasteiger partial charge on any atom is -0.314 e. The van der Waals surface area contributed by atoms with E-state index in [1.807, 2.05) is 0 Å². The van der Waals surface area contributed by atoms with Gasteiger partial charge >= 0.3 is 0 Å². The molecule has 0 aliphatic rings. The molecule has 1 nitrogen and oxygen atoms in total. The summed E-state index contributed by atoms with van der Waals surface area (Å²) in [4.78, 5) is 0. The van der Waals surface area contributed by atoms with Gasteiger partial charge in [0.1, 0.15) is 0 Å². The lowest BCUT2D eigenvalue weighted by molar-refractivity contribution is 0.466. The van der Waals surface area contributed by atoms with E-state index in [4.69, 9.17) is 0 Å². The van der Waals surface area contributed by atoms with Crippen LogP contribution in [0.2, 0.25) is 0 Å². The van der Waals surface area contributed by atoms with Gasteiger partial charge in [0.2, 0.25) is 0 Å². The first-order chi connectivity index (χ1) is 6.24.